The van der Waals surface area contributed by atoms with Crippen molar-refractivity contribution in [1.82, 2.24) is 4.90 Å². The summed E-state index contributed by atoms with van der Waals surface area (Å²) in [5.74, 6) is 0.187. The van der Waals surface area contributed by atoms with Crippen LogP contribution in [0, 0.1) is 13.8 Å². The highest BCUT2D eigenvalue weighted by molar-refractivity contribution is 5.85. The first-order chi connectivity index (χ1) is 8.51. The highest BCUT2D eigenvalue weighted by atomic mass is 16.1. The Labute approximate surface area is 117 Å². The van der Waals surface area contributed by atoms with E-state index in [0.29, 0.717) is 0 Å². The van der Waals surface area contributed by atoms with E-state index in [1.807, 2.05) is 20.9 Å². The minimum absolute atomic E-state index is 0.187. The maximum Gasteiger partial charge on any atom is 0.149 e. The summed E-state index contributed by atoms with van der Waals surface area (Å²) in [6, 6.07) is 6.54. The summed E-state index contributed by atoms with van der Waals surface area (Å²) in [6.45, 7) is 14.2. The van der Waals surface area contributed by atoms with E-state index in [-0.39, 0.29) is 11.3 Å². The first-order valence-electron chi connectivity index (χ1n) is 6.84. The van der Waals surface area contributed by atoms with E-state index in [1.165, 1.54) is 16.7 Å². The topological polar surface area (TPSA) is 20.3 Å². The molecule has 0 heterocycles. The Bertz CT molecular complexity index is 486. The van der Waals surface area contributed by atoms with Crippen molar-refractivity contribution in [3.8, 4) is 0 Å². The Morgan fingerprint density at radius 3 is 2.00 bits per heavy atom. The van der Waals surface area contributed by atoms with Gasteiger partial charge in [0.05, 0.1) is 5.54 Å². The summed E-state index contributed by atoms with van der Waals surface area (Å²) in [4.78, 5) is 14.0. The number of rotatable bonds is 4. The Kier molecular flexibility index (Phi) is 4.26. The van der Waals surface area contributed by atoms with Gasteiger partial charge in [-0.2, -0.15) is 0 Å². The smallest absolute Gasteiger partial charge is 0.149 e. The van der Waals surface area contributed by atoms with Gasteiger partial charge in [0.15, 0.2) is 0 Å². The second kappa shape index (κ2) is 5.09. The van der Waals surface area contributed by atoms with E-state index < -0.39 is 5.54 Å². The van der Waals surface area contributed by atoms with Crippen molar-refractivity contribution in [1.29, 1.82) is 0 Å². The largest absolute Gasteiger partial charge is 0.298 e. The molecule has 0 N–H and O–H groups in total. The number of benzene rings is 1. The van der Waals surface area contributed by atoms with Gasteiger partial charge in [0.1, 0.15) is 5.78 Å². The lowest BCUT2D eigenvalue weighted by atomic mass is 9.85. The molecule has 0 bridgehead atoms. The van der Waals surface area contributed by atoms with E-state index in [4.69, 9.17) is 0 Å². The second-order valence-corrected chi connectivity index (χ2v) is 6.53. The molecule has 1 aromatic rings. The number of nitrogens with zero attached hydrogens (tertiary/aromatic N) is 1. The van der Waals surface area contributed by atoms with E-state index in [9.17, 15) is 4.79 Å². The Hall–Kier alpha value is -1.15. The predicted octanol–water partition coefficient (Wildman–Crippen LogP) is 3.84. The third kappa shape index (κ3) is 2.89. The van der Waals surface area contributed by atoms with E-state index in [1.54, 1.807) is 6.92 Å². The number of Topliss-reactive ketones (excluding diaryl/α,β-unsaturated/α-hetero) is 1. The fourth-order valence-electron chi connectivity index (χ4n) is 2.25. The zero-order valence-electron chi connectivity index (χ0n) is 13.6. The average molecular weight is 261 g/mol. The molecule has 19 heavy (non-hydrogen) atoms. The van der Waals surface area contributed by atoms with Gasteiger partial charge in [0.2, 0.25) is 0 Å². The van der Waals surface area contributed by atoms with Crippen LogP contribution in [-0.4, -0.2) is 23.3 Å². The molecular formula is C17H27NO. The molecule has 0 aliphatic heterocycles. The maximum atomic E-state index is 11.9. The average Bonchev–Trinajstić information content (AvgIpc) is 2.31. The standard InChI is InChI=1S/C17H27NO/c1-12-9-10-15(11-13(12)2)17(6,7)18(8)16(4,5)14(3)19/h9-11H,1-8H3. The van der Waals surface area contributed by atoms with Gasteiger partial charge < -0.3 is 0 Å². The van der Waals surface area contributed by atoms with Crippen molar-refractivity contribution in [2.24, 2.45) is 0 Å². The zero-order valence-corrected chi connectivity index (χ0v) is 13.6. The van der Waals surface area contributed by atoms with Crippen molar-refractivity contribution in [2.45, 2.75) is 59.5 Å². The molecule has 0 aromatic heterocycles. The van der Waals surface area contributed by atoms with Gasteiger partial charge in [-0.25, -0.2) is 0 Å². The van der Waals surface area contributed by atoms with Gasteiger partial charge in [0, 0.05) is 5.54 Å². The molecule has 0 amide bonds. The van der Waals surface area contributed by atoms with Gasteiger partial charge >= 0.3 is 0 Å². The molecule has 0 saturated carbocycles. The van der Waals surface area contributed by atoms with Gasteiger partial charge in [-0.3, -0.25) is 9.69 Å². The lowest BCUT2D eigenvalue weighted by Gasteiger charge is -2.45. The Morgan fingerprint density at radius 2 is 1.58 bits per heavy atom. The van der Waals surface area contributed by atoms with E-state index >= 15 is 0 Å². The lowest BCUT2D eigenvalue weighted by molar-refractivity contribution is -0.129. The summed E-state index contributed by atoms with van der Waals surface area (Å²) >= 11 is 0. The number of carbonyl (C=O) groups excluding carboxylic acids is 1. The highest BCUT2D eigenvalue weighted by Crippen LogP contribution is 2.33. The highest BCUT2D eigenvalue weighted by Gasteiger charge is 2.38. The second-order valence-electron chi connectivity index (χ2n) is 6.53. The fourth-order valence-corrected chi connectivity index (χ4v) is 2.25. The first kappa shape index (κ1) is 15.9. The van der Waals surface area contributed by atoms with E-state index in [0.717, 1.165) is 0 Å². The van der Waals surface area contributed by atoms with Crippen molar-refractivity contribution in [3.63, 3.8) is 0 Å². The van der Waals surface area contributed by atoms with Gasteiger partial charge in [-0.15, -0.1) is 0 Å². The zero-order chi connectivity index (χ0) is 15.0. The number of carbonyl (C=O) groups is 1. The van der Waals surface area contributed by atoms with Crippen molar-refractivity contribution in [3.05, 3.63) is 34.9 Å². The van der Waals surface area contributed by atoms with Crippen molar-refractivity contribution in [2.75, 3.05) is 7.05 Å². The minimum atomic E-state index is -0.470. The van der Waals surface area contributed by atoms with Crippen molar-refractivity contribution < 1.29 is 4.79 Å². The van der Waals surface area contributed by atoms with Crippen LogP contribution in [0.25, 0.3) is 0 Å². The van der Waals surface area contributed by atoms with Crippen LogP contribution in [0.1, 0.15) is 51.3 Å². The summed E-state index contributed by atoms with van der Waals surface area (Å²) in [7, 11) is 2.02. The minimum Gasteiger partial charge on any atom is -0.298 e. The molecule has 2 nitrogen and oxygen atoms in total. The molecule has 1 aromatic carbocycles. The van der Waals surface area contributed by atoms with Gasteiger partial charge in [-0.05, 0) is 72.2 Å². The summed E-state index contributed by atoms with van der Waals surface area (Å²) in [5, 5.41) is 0. The molecule has 0 spiro atoms. The first-order valence-corrected chi connectivity index (χ1v) is 6.84. The molecule has 1 rings (SSSR count). The van der Waals surface area contributed by atoms with Crippen LogP contribution in [0.15, 0.2) is 18.2 Å². The number of ketones is 1. The van der Waals surface area contributed by atoms with Crippen LogP contribution in [0.5, 0.6) is 0 Å². The van der Waals surface area contributed by atoms with Gasteiger partial charge in [0.25, 0.3) is 0 Å². The van der Waals surface area contributed by atoms with Crippen LogP contribution >= 0.6 is 0 Å². The molecule has 106 valence electrons. The van der Waals surface area contributed by atoms with Crippen LogP contribution in [0.2, 0.25) is 0 Å². The quantitative estimate of drug-likeness (QED) is 0.821. The number of hydrogen-bond donors (Lipinski definition) is 0. The van der Waals surface area contributed by atoms with E-state index in [2.05, 4.69) is 50.8 Å². The number of aryl methyl sites for hydroxylation is 2. The molecule has 0 unspecified atom stereocenters. The lowest BCUT2D eigenvalue weighted by Crippen LogP contribution is -2.55. The molecule has 0 aliphatic carbocycles. The molecule has 0 atom stereocenters. The van der Waals surface area contributed by atoms with Crippen LogP contribution in [-0.2, 0) is 10.3 Å². The Morgan fingerprint density at radius 1 is 1.05 bits per heavy atom. The van der Waals surface area contributed by atoms with Gasteiger partial charge in [-0.1, -0.05) is 18.2 Å². The fraction of sp³-hybridized carbons (Fsp3) is 0.588. The SMILES string of the molecule is CC(=O)C(C)(C)N(C)C(C)(C)c1ccc(C)c(C)c1. The third-order valence-electron chi connectivity index (χ3n) is 4.75. The molecular weight excluding hydrogens is 234 g/mol. The van der Waals surface area contributed by atoms with Crippen molar-refractivity contribution >= 4 is 5.78 Å². The normalized spacial score (nSPS) is 12.9. The molecule has 0 fully saturated rings. The molecule has 0 aliphatic rings. The van der Waals surface area contributed by atoms with Crippen LogP contribution in [0.3, 0.4) is 0 Å². The molecule has 0 saturated heterocycles. The predicted molar refractivity (Wildman–Crippen MR) is 81.5 cm³/mol. The third-order valence-corrected chi connectivity index (χ3v) is 4.75. The van der Waals surface area contributed by atoms with Crippen LogP contribution < -0.4 is 0 Å². The molecule has 2 heteroatoms. The summed E-state index contributed by atoms with van der Waals surface area (Å²) in [5.41, 5.74) is 3.18. The number of hydrogen-bond acceptors (Lipinski definition) is 2. The maximum absolute atomic E-state index is 11.9. The summed E-state index contributed by atoms with van der Waals surface area (Å²) < 4.78 is 0. The number of likely N-dealkylation sites (N-methyl/N-ethyl adjacent to an activating group) is 1. The van der Waals surface area contributed by atoms with Crippen LogP contribution in [0.4, 0.5) is 0 Å². The summed E-state index contributed by atoms with van der Waals surface area (Å²) in [6.07, 6.45) is 0. The molecule has 0 radical (unpaired) electrons. The monoisotopic (exact) mass is 261 g/mol. The Balaban J connectivity index is 3.22.